The third-order valence-corrected chi connectivity index (χ3v) is 2.81. The van der Waals surface area contributed by atoms with Crippen LogP contribution in [0.1, 0.15) is 18.9 Å². The molecule has 18 heavy (non-hydrogen) atoms. The van der Waals surface area contributed by atoms with Crippen LogP contribution in [-0.2, 0) is 20.7 Å². The van der Waals surface area contributed by atoms with Gasteiger partial charge in [-0.2, -0.15) is 0 Å². The van der Waals surface area contributed by atoms with Crippen molar-refractivity contribution in [3.8, 4) is 0 Å². The first-order valence-corrected chi connectivity index (χ1v) is 5.93. The van der Waals surface area contributed by atoms with E-state index < -0.39 is 11.9 Å². The number of carboxylic acid groups (broad SMARTS) is 1. The summed E-state index contributed by atoms with van der Waals surface area (Å²) in [5.74, 6) is -0.688. The van der Waals surface area contributed by atoms with E-state index in [1.54, 1.807) is 6.92 Å². The zero-order chi connectivity index (χ0) is 13.0. The molecule has 0 saturated carbocycles. The van der Waals surface area contributed by atoms with E-state index in [4.69, 9.17) is 14.6 Å². The second-order valence-corrected chi connectivity index (χ2v) is 4.40. The Morgan fingerprint density at radius 3 is 2.78 bits per heavy atom. The van der Waals surface area contributed by atoms with E-state index in [0.29, 0.717) is 18.6 Å². The Morgan fingerprint density at radius 2 is 2.11 bits per heavy atom. The van der Waals surface area contributed by atoms with Crippen molar-refractivity contribution < 1.29 is 19.4 Å². The van der Waals surface area contributed by atoms with E-state index in [0.717, 1.165) is 5.56 Å². The number of carbonyl (C=O) groups is 1. The van der Waals surface area contributed by atoms with Gasteiger partial charge in [0.25, 0.3) is 0 Å². The summed E-state index contributed by atoms with van der Waals surface area (Å²) in [5, 5.41) is 8.82. The van der Waals surface area contributed by atoms with Crippen molar-refractivity contribution in [2.24, 2.45) is 5.92 Å². The van der Waals surface area contributed by atoms with E-state index in [-0.39, 0.29) is 6.29 Å². The molecule has 0 fully saturated rings. The number of allylic oxidation sites excluding steroid dienone is 1. The first kappa shape index (κ1) is 12.5. The Morgan fingerprint density at radius 1 is 1.39 bits per heavy atom. The molecular formula is C14H16O4. The molecule has 1 heterocycles. The van der Waals surface area contributed by atoms with Gasteiger partial charge in [0.15, 0.2) is 0 Å². The van der Waals surface area contributed by atoms with Gasteiger partial charge in [0.2, 0.25) is 6.29 Å². The maximum Gasteiger partial charge on any atom is 0.306 e. The Balaban J connectivity index is 1.82. The van der Waals surface area contributed by atoms with Crippen LogP contribution in [0.5, 0.6) is 0 Å². The third kappa shape index (κ3) is 3.26. The van der Waals surface area contributed by atoms with Crippen LogP contribution in [0.15, 0.2) is 42.4 Å². The fourth-order valence-corrected chi connectivity index (χ4v) is 1.76. The third-order valence-electron chi connectivity index (χ3n) is 2.81. The van der Waals surface area contributed by atoms with Crippen molar-refractivity contribution in [2.75, 3.05) is 0 Å². The molecule has 0 spiro atoms. The lowest BCUT2D eigenvalue weighted by atomic mass is 10.1. The number of hydrogen-bond donors (Lipinski definition) is 1. The van der Waals surface area contributed by atoms with Gasteiger partial charge in [-0.15, -0.1) is 0 Å². The SMILES string of the molecule is CC(CC1=COC(Cc2ccccc2)O1)C(=O)O. The molecule has 0 aromatic heterocycles. The van der Waals surface area contributed by atoms with E-state index in [2.05, 4.69) is 0 Å². The minimum Gasteiger partial charge on any atom is -0.481 e. The van der Waals surface area contributed by atoms with Crippen molar-refractivity contribution in [1.29, 1.82) is 0 Å². The largest absolute Gasteiger partial charge is 0.481 e. The minimum atomic E-state index is -0.828. The van der Waals surface area contributed by atoms with Gasteiger partial charge in [0.05, 0.1) is 5.92 Å². The average Bonchev–Trinajstić information content (AvgIpc) is 2.77. The Kier molecular flexibility index (Phi) is 3.87. The summed E-state index contributed by atoms with van der Waals surface area (Å²) < 4.78 is 10.9. The monoisotopic (exact) mass is 248 g/mol. The summed E-state index contributed by atoms with van der Waals surface area (Å²) in [6, 6.07) is 9.89. The van der Waals surface area contributed by atoms with Crippen LogP contribution in [0.25, 0.3) is 0 Å². The van der Waals surface area contributed by atoms with Gasteiger partial charge in [-0.05, 0) is 5.56 Å². The lowest BCUT2D eigenvalue weighted by molar-refractivity contribution is -0.141. The highest BCUT2D eigenvalue weighted by molar-refractivity contribution is 5.69. The zero-order valence-corrected chi connectivity index (χ0v) is 10.2. The molecule has 0 bridgehead atoms. The molecule has 4 nitrogen and oxygen atoms in total. The Labute approximate surface area is 106 Å². The molecule has 0 amide bonds. The molecule has 0 radical (unpaired) electrons. The molecule has 1 aliphatic heterocycles. The minimum absolute atomic E-state index is 0.344. The van der Waals surface area contributed by atoms with Crippen LogP contribution in [0.2, 0.25) is 0 Å². The number of benzene rings is 1. The van der Waals surface area contributed by atoms with Crippen LogP contribution < -0.4 is 0 Å². The summed E-state index contributed by atoms with van der Waals surface area (Å²) >= 11 is 0. The van der Waals surface area contributed by atoms with Crippen LogP contribution in [-0.4, -0.2) is 17.4 Å². The molecule has 96 valence electrons. The predicted octanol–water partition coefficient (Wildman–Crippen LogP) is 2.55. The van der Waals surface area contributed by atoms with Gasteiger partial charge < -0.3 is 14.6 Å². The number of hydrogen-bond acceptors (Lipinski definition) is 3. The average molecular weight is 248 g/mol. The molecule has 2 unspecified atom stereocenters. The Bertz CT molecular complexity index is 438. The molecular weight excluding hydrogens is 232 g/mol. The van der Waals surface area contributed by atoms with E-state index in [1.165, 1.54) is 6.26 Å². The molecule has 1 aromatic rings. The lowest BCUT2D eigenvalue weighted by Crippen LogP contribution is -2.14. The molecule has 2 atom stereocenters. The second-order valence-electron chi connectivity index (χ2n) is 4.40. The molecule has 0 saturated heterocycles. The van der Waals surface area contributed by atoms with Crippen molar-refractivity contribution in [3.63, 3.8) is 0 Å². The first-order valence-electron chi connectivity index (χ1n) is 5.93. The first-order chi connectivity index (χ1) is 8.65. The molecule has 0 aliphatic carbocycles. The van der Waals surface area contributed by atoms with Crippen molar-refractivity contribution in [3.05, 3.63) is 47.9 Å². The van der Waals surface area contributed by atoms with Crippen LogP contribution in [0.4, 0.5) is 0 Å². The summed E-state index contributed by atoms with van der Waals surface area (Å²) in [5.41, 5.74) is 1.13. The number of aliphatic carboxylic acids is 1. The van der Waals surface area contributed by atoms with Gasteiger partial charge in [0, 0.05) is 12.8 Å². The topological polar surface area (TPSA) is 55.8 Å². The number of rotatable bonds is 5. The fraction of sp³-hybridized carbons (Fsp3) is 0.357. The highest BCUT2D eigenvalue weighted by Crippen LogP contribution is 2.23. The van der Waals surface area contributed by atoms with E-state index in [1.807, 2.05) is 30.3 Å². The molecule has 2 rings (SSSR count). The maximum atomic E-state index is 10.7. The van der Waals surface area contributed by atoms with Crippen molar-refractivity contribution in [1.82, 2.24) is 0 Å². The molecule has 4 heteroatoms. The van der Waals surface area contributed by atoms with Crippen LogP contribution in [0.3, 0.4) is 0 Å². The zero-order valence-electron chi connectivity index (χ0n) is 10.2. The second kappa shape index (κ2) is 5.58. The van der Waals surface area contributed by atoms with Crippen molar-refractivity contribution >= 4 is 5.97 Å². The summed E-state index contributed by atoms with van der Waals surface area (Å²) in [4.78, 5) is 10.7. The van der Waals surface area contributed by atoms with Gasteiger partial charge in [0.1, 0.15) is 12.0 Å². The maximum absolute atomic E-state index is 10.7. The highest BCUT2D eigenvalue weighted by Gasteiger charge is 2.23. The summed E-state index contributed by atoms with van der Waals surface area (Å²) in [7, 11) is 0. The number of ether oxygens (including phenoxy) is 2. The van der Waals surface area contributed by atoms with E-state index >= 15 is 0 Å². The van der Waals surface area contributed by atoms with Crippen molar-refractivity contribution in [2.45, 2.75) is 26.1 Å². The normalized spacial score (nSPS) is 19.6. The smallest absolute Gasteiger partial charge is 0.306 e. The summed E-state index contributed by atoms with van der Waals surface area (Å²) in [6.45, 7) is 1.65. The predicted molar refractivity (Wildman–Crippen MR) is 65.6 cm³/mol. The molecule has 1 aromatic carbocycles. The van der Waals surface area contributed by atoms with Gasteiger partial charge >= 0.3 is 5.97 Å². The van der Waals surface area contributed by atoms with E-state index in [9.17, 15) is 4.79 Å². The Hall–Kier alpha value is -1.97. The van der Waals surface area contributed by atoms with Gasteiger partial charge in [-0.1, -0.05) is 37.3 Å². The molecule has 1 N–H and O–H groups in total. The standard InChI is InChI=1S/C14H16O4/c1-10(14(15)16)7-12-9-17-13(18-12)8-11-5-3-2-4-6-11/h2-6,9-10,13H,7-8H2,1H3,(H,15,16). The fourth-order valence-electron chi connectivity index (χ4n) is 1.76. The van der Waals surface area contributed by atoms with Gasteiger partial charge in [-0.25, -0.2) is 0 Å². The summed E-state index contributed by atoms with van der Waals surface area (Å²) in [6.07, 6.45) is 2.19. The van der Waals surface area contributed by atoms with Crippen LogP contribution >= 0.6 is 0 Å². The number of carboxylic acids is 1. The highest BCUT2D eigenvalue weighted by atomic mass is 16.7. The quantitative estimate of drug-likeness (QED) is 0.870. The molecule has 1 aliphatic rings. The van der Waals surface area contributed by atoms with Gasteiger partial charge in [-0.3, -0.25) is 4.79 Å². The van der Waals surface area contributed by atoms with Crippen LogP contribution in [0, 0.1) is 5.92 Å². The lowest BCUT2D eigenvalue weighted by Gasteiger charge is -2.12.